The number of anilines is 1. The van der Waals surface area contributed by atoms with Crippen molar-refractivity contribution in [3.8, 4) is 0 Å². The molecule has 0 saturated carbocycles. The number of halogens is 1. The van der Waals surface area contributed by atoms with E-state index in [0.29, 0.717) is 12.2 Å². The van der Waals surface area contributed by atoms with Crippen LogP contribution in [0, 0.1) is 0 Å². The number of amides is 2. The summed E-state index contributed by atoms with van der Waals surface area (Å²) in [7, 11) is 0. The number of rotatable bonds is 6. The zero-order valence-corrected chi connectivity index (χ0v) is 15.4. The monoisotopic (exact) mass is 388 g/mol. The Morgan fingerprint density at radius 1 is 1.04 bits per heavy atom. The maximum Gasteiger partial charge on any atom is 0.233 e. The number of hydrogen-bond donors (Lipinski definition) is 1. The summed E-state index contributed by atoms with van der Waals surface area (Å²) in [5, 5.41) is 2.75. The van der Waals surface area contributed by atoms with E-state index in [0.717, 1.165) is 10.0 Å². The molecule has 2 aromatic rings. The second-order valence-corrected chi connectivity index (χ2v) is 6.75. The van der Waals surface area contributed by atoms with E-state index in [-0.39, 0.29) is 24.3 Å². The van der Waals surface area contributed by atoms with Crippen molar-refractivity contribution in [2.45, 2.75) is 32.9 Å². The van der Waals surface area contributed by atoms with Crippen molar-refractivity contribution in [1.82, 2.24) is 4.90 Å². The normalized spacial score (nSPS) is 10.5. The molecular weight excluding hydrogens is 368 g/mol. The molecule has 1 N–H and O–H groups in total. The number of nitrogens with one attached hydrogen (secondary N) is 1. The quantitative estimate of drug-likeness (QED) is 0.753. The lowest BCUT2D eigenvalue weighted by Crippen LogP contribution is -2.38. The molecule has 0 saturated heterocycles. The lowest BCUT2D eigenvalue weighted by atomic mass is 10.1. The Bertz CT molecular complexity index is 684. The van der Waals surface area contributed by atoms with Gasteiger partial charge in [0.1, 0.15) is 6.42 Å². The van der Waals surface area contributed by atoms with Crippen molar-refractivity contribution < 1.29 is 9.59 Å². The summed E-state index contributed by atoms with van der Waals surface area (Å²) in [5.74, 6) is -0.482. The molecule has 0 bridgehead atoms. The molecule has 0 aliphatic heterocycles. The van der Waals surface area contributed by atoms with E-state index < -0.39 is 0 Å². The summed E-state index contributed by atoms with van der Waals surface area (Å²) >= 11 is 3.34. The zero-order chi connectivity index (χ0) is 17.5. The molecular formula is C19H21BrN2O2. The van der Waals surface area contributed by atoms with Crippen LogP contribution in [0.25, 0.3) is 0 Å². The van der Waals surface area contributed by atoms with Gasteiger partial charge in [0.15, 0.2) is 0 Å². The van der Waals surface area contributed by atoms with Crippen LogP contribution in [0.15, 0.2) is 59.1 Å². The zero-order valence-electron chi connectivity index (χ0n) is 13.8. The molecule has 126 valence electrons. The van der Waals surface area contributed by atoms with Crippen molar-refractivity contribution >= 4 is 33.4 Å². The first-order chi connectivity index (χ1) is 11.5. The average Bonchev–Trinajstić information content (AvgIpc) is 2.55. The molecule has 4 nitrogen and oxygen atoms in total. The molecule has 0 spiro atoms. The summed E-state index contributed by atoms with van der Waals surface area (Å²) < 4.78 is 0.936. The van der Waals surface area contributed by atoms with Gasteiger partial charge in [0.25, 0.3) is 0 Å². The van der Waals surface area contributed by atoms with Gasteiger partial charge in [-0.3, -0.25) is 9.59 Å². The van der Waals surface area contributed by atoms with Crippen LogP contribution in [0.2, 0.25) is 0 Å². The summed E-state index contributed by atoms with van der Waals surface area (Å²) in [6, 6.07) is 17.1. The first-order valence-electron chi connectivity index (χ1n) is 7.84. The fraction of sp³-hybridized carbons (Fsp3) is 0.263. The largest absolute Gasteiger partial charge is 0.336 e. The third-order valence-electron chi connectivity index (χ3n) is 3.58. The molecule has 0 aliphatic carbocycles. The first kappa shape index (κ1) is 18.2. The molecule has 5 heteroatoms. The molecule has 2 amide bonds. The Morgan fingerprint density at radius 2 is 1.67 bits per heavy atom. The van der Waals surface area contributed by atoms with Crippen molar-refractivity contribution in [3.05, 3.63) is 64.6 Å². The highest BCUT2D eigenvalue weighted by Gasteiger charge is 2.20. The van der Waals surface area contributed by atoms with Crippen molar-refractivity contribution in [2.24, 2.45) is 0 Å². The molecule has 2 aromatic carbocycles. The lowest BCUT2D eigenvalue weighted by molar-refractivity contribution is -0.136. The Kier molecular flexibility index (Phi) is 6.55. The van der Waals surface area contributed by atoms with E-state index in [1.54, 1.807) is 17.0 Å². The molecule has 2 rings (SSSR count). The van der Waals surface area contributed by atoms with Gasteiger partial charge in [-0.25, -0.2) is 0 Å². The maximum absolute atomic E-state index is 12.5. The van der Waals surface area contributed by atoms with Gasteiger partial charge in [-0.05, 0) is 43.7 Å². The van der Waals surface area contributed by atoms with Crippen LogP contribution in [-0.4, -0.2) is 22.8 Å². The fourth-order valence-electron chi connectivity index (χ4n) is 2.32. The lowest BCUT2D eigenvalue weighted by Gasteiger charge is -2.26. The van der Waals surface area contributed by atoms with Crippen molar-refractivity contribution in [1.29, 1.82) is 0 Å². The molecule has 0 unspecified atom stereocenters. The molecule has 24 heavy (non-hydrogen) atoms. The molecule has 0 aromatic heterocycles. The van der Waals surface area contributed by atoms with E-state index in [9.17, 15) is 9.59 Å². The van der Waals surface area contributed by atoms with Gasteiger partial charge in [-0.15, -0.1) is 0 Å². The SMILES string of the molecule is CC(C)N(Cc1ccccc1)C(=O)CC(=O)Nc1ccc(Br)cc1. The number of carbonyl (C=O) groups is 2. The Balaban J connectivity index is 1.96. The second kappa shape index (κ2) is 8.64. The number of carbonyl (C=O) groups excluding carboxylic acids is 2. The van der Waals surface area contributed by atoms with Gasteiger partial charge in [-0.1, -0.05) is 46.3 Å². The van der Waals surface area contributed by atoms with Crippen LogP contribution >= 0.6 is 15.9 Å². The fourth-order valence-corrected chi connectivity index (χ4v) is 2.58. The number of hydrogen-bond acceptors (Lipinski definition) is 2. The van der Waals surface area contributed by atoms with Crippen LogP contribution in [0.5, 0.6) is 0 Å². The van der Waals surface area contributed by atoms with Crippen LogP contribution in [0.4, 0.5) is 5.69 Å². The Labute approximate surface area is 151 Å². The van der Waals surface area contributed by atoms with Gasteiger partial charge in [0.2, 0.25) is 11.8 Å². The Hall–Kier alpha value is -2.14. The number of nitrogens with zero attached hydrogens (tertiary/aromatic N) is 1. The van der Waals surface area contributed by atoms with E-state index in [1.165, 1.54) is 0 Å². The summed E-state index contributed by atoms with van der Waals surface area (Å²) in [5.41, 5.74) is 1.73. The van der Waals surface area contributed by atoms with E-state index in [4.69, 9.17) is 0 Å². The molecule has 0 fully saturated rings. The minimum atomic E-state index is -0.305. The standard InChI is InChI=1S/C19H21BrN2O2/c1-14(2)22(13-15-6-4-3-5-7-15)19(24)12-18(23)21-17-10-8-16(20)9-11-17/h3-11,14H,12-13H2,1-2H3,(H,21,23). The van der Waals surface area contributed by atoms with Gasteiger partial charge >= 0.3 is 0 Å². The van der Waals surface area contributed by atoms with Crippen molar-refractivity contribution in [2.75, 3.05) is 5.32 Å². The van der Waals surface area contributed by atoms with Gasteiger partial charge in [0, 0.05) is 22.7 Å². The topological polar surface area (TPSA) is 49.4 Å². The minimum absolute atomic E-state index is 0.0261. The van der Waals surface area contributed by atoms with Crippen LogP contribution in [-0.2, 0) is 16.1 Å². The van der Waals surface area contributed by atoms with Crippen LogP contribution < -0.4 is 5.32 Å². The second-order valence-electron chi connectivity index (χ2n) is 5.83. The smallest absolute Gasteiger partial charge is 0.233 e. The molecule has 0 radical (unpaired) electrons. The summed E-state index contributed by atoms with van der Waals surface area (Å²) in [4.78, 5) is 26.3. The first-order valence-corrected chi connectivity index (χ1v) is 8.64. The number of benzene rings is 2. The highest BCUT2D eigenvalue weighted by atomic mass is 79.9. The third kappa shape index (κ3) is 5.49. The van der Waals surface area contributed by atoms with E-state index >= 15 is 0 Å². The molecule has 0 heterocycles. The van der Waals surface area contributed by atoms with Gasteiger partial charge in [-0.2, -0.15) is 0 Å². The molecule has 0 aliphatic rings. The minimum Gasteiger partial charge on any atom is -0.336 e. The van der Waals surface area contributed by atoms with Crippen LogP contribution in [0.3, 0.4) is 0 Å². The van der Waals surface area contributed by atoms with Crippen LogP contribution in [0.1, 0.15) is 25.8 Å². The Morgan fingerprint density at radius 3 is 2.25 bits per heavy atom. The van der Waals surface area contributed by atoms with E-state index in [2.05, 4.69) is 21.2 Å². The average molecular weight is 389 g/mol. The highest BCUT2D eigenvalue weighted by molar-refractivity contribution is 9.10. The predicted octanol–water partition coefficient (Wildman–Crippen LogP) is 4.21. The highest BCUT2D eigenvalue weighted by Crippen LogP contribution is 2.15. The van der Waals surface area contributed by atoms with E-state index in [1.807, 2.05) is 56.3 Å². The van der Waals surface area contributed by atoms with Crippen molar-refractivity contribution in [3.63, 3.8) is 0 Å². The van der Waals surface area contributed by atoms with Gasteiger partial charge < -0.3 is 10.2 Å². The molecule has 0 atom stereocenters. The summed E-state index contributed by atoms with van der Waals surface area (Å²) in [6.45, 7) is 4.41. The summed E-state index contributed by atoms with van der Waals surface area (Å²) in [6.07, 6.45) is -0.166. The van der Waals surface area contributed by atoms with Gasteiger partial charge in [0.05, 0.1) is 0 Å². The maximum atomic E-state index is 12.5. The third-order valence-corrected chi connectivity index (χ3v) is 4.11. The predicted molar refractivity (Wildman–Crippen MR) is 99.5 cm³/mol.